The smallest absolute Gasteiger partial charge is 0.328 e. The molecular formula is C21H23N3O3S. The molecule has 6 nitrogen and oxygen atoms in total. The first-order valence-electron chi connectivity index (χ1n) is 9.75. The van der Waals surface area contributed by atoms with Crippen LogP contribution >= 0.6 is 11.3 Å². The Balaban J connectivity index is 1.44. The predicted octanol–water partition coefficient (Wildman–Crippen LogP) is 2.47. The molecule has 5 rings (SSSR count). The summed E-state index contributed by atoms with van der Waals surface area (Å²) in [6.07, 6.45) is 2.93. The van der Waals surface area contributed by atoms with Crippen LogP contribution in [0.4, 0.5) is 0 Å². The molecule has 0 amide bonds. The van der Waals surface area contributed by atoms with Crippen molar-refractivity contribution in [2.75, 3.05) is 13.7 Å². The number of hydrogen-bond acceptors (Lipinski definition) is 5. The van der Waals surface area contributed by atoms with E-state index in [0.717, 1.165) is 31.6 Å². The number of H-pyrrole nitrogens is 1. The second-order valence-corrected chi connectivity index (χ2v) is 8.49. The average Bonchev–Trinajstić information content (AvgIpc) is 3.34. The van der Waals surface area contributed by atoms with Gasteiger partial charge in [0.05, 0.1) is 18.0 Å². The summed E-state index contributed by atoms with van der Waals surface area (Å²) < 4.78 is 6.93. The molecule has 1 aromatic carbocycles. The third-order valence-corrected chi connectivity index (χ3v) is 7.13. The Kier molecular flexibility index (Phi) is 4.36. The molecule has 0 saturated carbocycles. The van der Waals surface area contributed by atoms with E-state index in [1.54, 1.807) is 17.9 Å². The molecule has 1 aliphatic carbocycles. The first kappa shape index (κ1) is 17.7. The van der Waals surface area contributed by atoms with Crippen LogP contribution in [0.15, 0.2) is 38.5 Å². The highest BCUT2D eigenvalue weighted by atomic mass is 32.1. The first-order chi connectivity index (χ1) is 13.7. The summed E-state index contributed by atoms with van der Waals surface area (Å²) in [5.74, 6) is 1.97. The summed E-state index contributed by atoms with van der Waals surface area (Å²) in [5, 5.41) is 7.85. The Morgan fingerprint density at radius 2 is 2.18 bits per heavy atom. The lowest BCUT2D eigenvalue weighted by molar-refractivity contribution is 0.371. The SMILES string of the molecule is COc1cccc2c1CCC1CNC(CCn3c(=O)[nH]c4cscc4c3=O)C21. The summed E-state index contributed by atoms with van der Waals surface area (Å²) in [6, 6.07) is 6.56. The van der Waals surface area contributed by atoms with Crippen LogP contribution in [-0.4, -0.2) is 29.2 Å². The zero-order valence-electron chi connectivity index (χ0n) is 15.7. The molecule has 1 aliphatic heterocycles. The van der Waals surface area contributed by atoms with Crippen molar-refractivity contribution < 1.29 is 4.74 Å². The van der Waals surface area contributed by atoms with Crippen molar-refractivity contribution in [3.63, 3.8) is 0 Å². The van der Waals surface area contributed by atoms with Crippen molar-refractivity contribution in [2.45, 2.75) is 37.8 Å². The Labute approximate surface area is 166 Å². The molecular weight excluding hydrogens is 374 g/mol. The maximum absolute atomic E-state index is 12.7. The topological polar surface area (TPSA) is 76.1 Å². The van der Waals surface area contributed by atoms with Gasteiger partial charge in [0.15, 0.2) is 0 Å². The van der Waals surface area contributed by atoms with E-state index in [9.17, 15) is 9.59 Å². The Bertz CT molecular complexity index is 1150. The van der Waals surface area contributed by atoms with E-state index < -0.39 is 0 Å². The largest absolute Gasteiger partial charge is 0.496 e. The van der Waals surface area contributed by atoms with Gasteiger partial charge in [0, 0.05) is 29.3 Å². The van der Waals surface area contributed by atoms with Crippen molar-refractivity contribution in [3.8, 4) is 5.75 Å². The van der Waals surface area contributed by atoms with Crippen LogP contribution in [-0.2, 0) is 13.0 Å². The maximum atomic E-state index is 12.7. The fraction of sp³-hybridized carbons (Fsp3) is 0.429. The predicted molar refractivity (Wildman–Crippen MR) is 111 cm³/mol. The van der Waals surface area contributed by atoms with Crippen LogP contribution < -0.4 is 21.3 Å². The van der Waals surface area contributed by atoms with Crippen molar-refractivity contribution >= 4 is 22.2 Å². The Morgan fingerprint density at radius 3 is 3.04 bits per heavy atom. The van der Waals surface area contributed by atoms with Crippen LogP contribution in [0.5, 0.6) is 5.75 Å². The van der Waals surface area contributed by atoms with Gasteiger partial charge >= 0.3 is 5.69 Å². The standard InChI is InChI=1S/C21H23N3O3S/c1-27-18-4-2-3-14-13(18)6-5-12-9-22-16(19(12)14)7-8-24-20(25)15-10-28-11-17(15)23-21(24)26/h2-4,10-12,16,19,22H,5-9H2,1H3,(H,23,26). The first-order valence-corrected chi connectivity index (χ1v) is 10.7. The second kappa shape index (κ2) is 6.90. The zero-order chi connectivity index (χ0) is 19.3. The van der Waals surface area contributed by atoms with Gasteiger partial charge in [-0.3, -0.25) is 9.36 Å². The fourth-order valence-corrected chi connectivity index (χ4v) is 5.81. The van der Waals surface area contributed by atoms with E-state index in [4.69, 9.17) is 4.74 Å². The van der Waals surface area contributed by atoms with Crippen LogP contribution in [0, 0.1) is 5.92 Å². The van der Waals surface area contributed by atoms with Crippen molar-refractivity contribution in [1.82, 2.24) is 14.9 Å². The van der Waals surface area contributed by atoms with Gasteiger partial charge in [0.1, 0.15) is 5.75 Å². The van der Waals surface area contributed by atoms with Crippen LogP contribution in [0.2, 0.25) is 0 Å². The summed E-state index contributed by atoms with van der Waals surface area (Å²) in [7, 11) is 1.73. The minimum atomic E-state index is -0.323. The van der Waals surface area contributed by atoms with Crippen LogP contribution in [0.25, 0.3) is 10.9 Å². The average molecular weight is 398 g/mol. The number of benzene rings is 1. The summed E-state index contributed by atoms with van der Waals surface area (Å²) in [6.45, 7) is 1.40. The number of nitrogens with one attached hydrogen (secondary N) is 2. The lowest BCUT2D eigenvalue weighted by atomic mass is 9.73. The molecule has 2 aliphatic rings. The summed E-state index contributed by atoms with van der Waals surface area (Å²) in [5.41, 5.74) is 2.79. The maximum Gasteiger partial charge on any atom is 0.328 e. The van der Waals surface area contributed by atoms with Gasteiger partial charge in [-0.15, -0.1) is 11.3 Å². The molecule has 2 aromatic heterocycles. The monoisotopic (exact) mass is 397 g/mol. The highest BCUT2D eigenvalue weighted by molar-refractivity contribution is 7.09. The molecule has 3 atom stereocenters. The quantitative estimate of drug-likeness (QED) is 0.709. The van der Waals surface area contributed by atoms with Gasteiger partial charge in [-0.05, 0) is 48.9 Å². The number of thiophene rings is 1. The third kappa shape index (κ3) is 2.72. The van der Waals surface area contributed by atoms with E-state index in [-0.39, 0.29) is 17.3 Å². The van der Waals surface area contributed by atoms with Gasteiger partial charge in [-0.25, -0.2) is 4.79 Å². The van der Waals surface area contributed by atoms with E-state index in [0.29, 0.717) is 29.3 Å². The third-order valence-electron chi connectivity index (χ3n) is 6.39. The van der Waals surface area contributed by atoms with Gasteiger partial charge in [-0.2, -0.15) is 0 Å². The number of fused-ring (bicyclic) bond motifs is 4. The van der Waals surface area contributed by atoms with Crippen molar-refractivity contribution in [3.05, 3.63) is 60.9 Å². The Morgan fingerprint density at radius 1 is 1.29 bits per heavy atom. The summed E-state index contributed by atoms with van der Waals surface area (Å²) in [4.78, 5) is 27.9. The van der Waals surface area contributed by atoms with E-state index >= 15 is 0 Å². The molecule has 3 heterocycles. The lowest BCUT2D eigenvalue weighted by Gasteiger charge is -2.32. The fourth-order valence-electron chi connectivity index (χ4n) is 5.05. The molecule has 0 bridgehead atoms. The minimum Gasteiger partial charge on any atom is -0.496 e. The number of ether oxygens (including phenoxy) is 1. The molecule has 0 radical (unpaired) electrons. The molecule has 28 heavy (non-hydrogen) atoms. The zero-order valence-corrected chi connectivity index (χ0v) is 16.6. The molecule has 3 unspecified atom stereocenters. The van der Waals surface area contributed by atoms with Crippen LogP contribution in [0.3, 0.4) is 0 Å². The Hall–Kier alpha value is -2.38. The minimum absolute atomic E-state index is 0.194. The number of hydrogen-bond donors (Lipinski definition) is 2. The summed E-state index contributed by atoms with van der Waals surface area (Å²) >= 11 is 1.43. The van der Waals surface area contributed by atoms with Gasteiger partial charge in [0.25, 0.3) is 5.56 Å². The molecule has 146 valence electrons. The highest BCUT2D eigenvalue weighted by Crippen LogP contribution is 2.45. The lowest BCUT2D eigenvalue weighted by Crippen LogP contribution is -2.37. The van der Waals surface area contributed by atoms with Crippen molar-refractivity contribution in [1.29, 1.82) is 0 Å². The number of aromatic nitrogens is 2. The van der Waals surface area contributed by atoms with Crippen LogP contribution in [0.1, 0.15) is 29.9 Å². The van der Waals surface area contributed by atoms with Gasteiger partial charge in [-0.1, -0.05) is 12.1 Å². The number of nitrogens with zero attached hydrogens (tertiary/aromatic N) is 1. The number of aromatic amines is 1. The van der Waals surface area contributed by atoms with Crippen molar-refractivity contribution in [2.24, 2.45) is 5.92 Å². The molecule has 1 saturated heterocycles. The second-order valence-electron chi connectivity index (χ2n) is 7.74. The van der Waals surface area contributed by atoms with E-state index in [2.05, 4.69) is 22.4 Å². The molecule has 7 heteroatoms. The molecule has 3 aromatic rings. The highest BCUT2D eigenvalue weighted by Gasteiger charge is 2.40. The van der Waals surface area contributed by atoms with Gasteiger partial charge in [0.2, 0.25) is 0 Å². The number of methoxy groups -OCH3 is 1. The number of rotatable bonds is 4. The normalized spacial score (nSPS) is 23.5. The molecule has 2 N–H and O–H groups in total. The van der Waals surface area contributed by atoms with E-state index in [1.165, 1.54) is 27.0 Å². The molecule has 1 fully saturated rings. The van der Waals surface area contributed by atoms with Gasteiger partial charge < -0.3 is 15.0 Å². The van der Waals surface area contributed by atoms with E-state index in [1.807, 2.05) is 6.07 Å². The molecule has 0 spiro atoms.